The predicted molar refractivity (Wildman–Crippen MR) is 97.3 cm³/mol. The van der Waals surface area contributed by atoms with E-state index in [1.165, 1.54) is 24.0 Å². The summed E-state index contributed by atoms with van der Waals surface area (Å²) in [5.74, 6) is -0.314. The highest BCUT2D eigenvalue weighted by Gasteiger charge is 2.17. The zero-order valence-corrected chi connectivity index (χ0v) is 14.5. The van der Waals surface area contributed by atoms with Crippen LogP contribution in [0.2, 0.25) is 0 Å². The summed E-state index contributed by atoms with van der Waals surface area (Å²) in [6.45, 7) is 6.54. The summed E-state index contributed by atoms with van der Waals surface area (Å²) in [4.78, 5) is 13.4. The molecule has 5 heteroatoms. The van der Waals surface area contributed by atoms with Gasteiger partial charge in [0.05, 0.1) is 19.3 Å². The monoisotopic (exact) mass is 338 g/mol. The van der Waals surface area contributed by atoms with E-state index in [4.69, 9.17) is 4.74 Å². The number of rotatable bonds is 5. The first-order valence-corrected chi connectivity index (χ1v) is 8.37. The molecule has 3 rings (SSSR count). The van der Waals surface area contributed by atoms with Crippen molar-refractivity contribution in [2.75, 3.05) is 7.11 Å². The summed E-state index contributed by atoms with van der Waals surface area (Å²) >= 11 is 1.43. The molecule has 0 amide bonds. The van der Waals surface area contributed by atoms with Crippen LogP contribution >= 0.6 is 11.3 Å². The van der Waals surface area contributed by atoms with Crippen molar-refractivity contribution in [1.29, 1.82) is 0 Å². The topological polar surface area (TPSA) is 44.1 Å². The maximum absolute atomic E-state index is 11.8. The molecule has 0 aliphatic heterocycles. The molecule has 4 nitrogen and oxygen atoms in total. The van der Waals surface area contributed by atoms with Crippen LogP contribution in [0.25, 0.3) is 17.2 Å². The lowest BCUT2D eigenvalue weighted by Gasteiger charge is -2.00. The lowest BCUT2D eigenvalue weighted by atomic mass is 10.1. The number of hydrogen-bond donors (Lipinski definition) is 0. The van der Waals surface area contributed by atoms with Crippen molar-refractivity contribution in [3.8, 4) is 11.1 Å². The number of carbonyl (C=O) groups excluding carboxylic acids is 1. The number of aryl methyl sites for hydroxylation is 1. The number of benzene rings is 1. The minimum Gasteiger partial charge on any atom is -0.465 e. The van der Waals surface area contributed by atoms with Crippen molar-refractivity contribution in [3.05, 3.63) is 70.2 Å². The molecule has 0 N–H and O–H groups in total. The molecular formula is C19H18N2O2S. The smallest absolute Gasteiger partial charge is 0.348 e. The second kappa shape index (κ2) is 6.84. The Hall–Kier alpha value is -2.66. The van der Waals surface area contributed by atoms with E-state index in [-0.39, 0.29) is 5.97 Å². The molecule has 3 aromatic rings. The van der Waals surface area contributed by atoms with Crippen LogP contribution in [0.3, 0.4) is 0 Å². The summed E-state index contributed by atoms with van der Waals surface area (Å²) < 4.78 is 6.71. The van der Waals surface area contributed by atoms with Gasteiger partial charge in [0.1, 0.15) is 4.88 Å². The highest BCUT2D eigenvalue weighted by molar-refractivity contribution is 7.14. The SMILES string of the molecule is C=Cc1nn(Cc2ccccc2)cc1-c1cc(C(=O)OC)sc1C. The zero-order chi connectivity index (χ0) is 17.1. The van der Waals surface area contributed by atoms with Gasteiger partial charge in [-0.2, -0.15) is 5.10 Å². The molecule has 0 spiro atoms. The van der Waals surface area contributed by atoms with Gasteiger partial charge in [0, 0.05) is 16.6 Å². The maximum atomic E-state index is 11.8. The molecule has 2 aromatic heterocycles. The van der Waals surface area contributed by atoms with E-state index >= 15 is 0 Å². The van der Waals surface area contributed by atoms with Gasteiger partial charge in [-0.1, -0.05) is 36.9 Å². The molecule has 0 saturated carbocycles. The molecule has 0 fully saturated rings. The van der Waals surface area contributed by atoms with E-state index in [1.54, 1.807) is 6.08 Å². The van der Waals surface area contributed by atoms with Crippen molar-refractivity contribution < 1.29 is 9.53 Å². The minimum atomic E-state index is -0.314. The molecule has 0 bridgehead atoms. The molecule has 0 radical (unpaired) electrons. The molecule has 2 heterocycles. The van der Waals surface area contributed by atoms with Crippen LogP contribution in [-0.4, -0.2) is 22.9 Å². The van der Waals surface area contributed by atoms with Gasteiger partial charge >= 0.3 is 5.97 Å². The fraction of sp³-hybridized carbons (Fsp3) is 0.158. The zero-order valence-electron chi connectivity index (χ0n) is 13.7. The van der Waals surface area contributed by atoms with Gasteiger partial charge in [-0.15, -0.1) is 11.3 Å². The number of esters is 1. The van der Waals surface area contributed by atoms with Gasteiger partial charge in [-0.05, 0) is 30.2 Å². The van der Waals surface area contributed by atoms with E-state index < -0.39 is 0 Å². The number of aromatic nitrogens is 2. The minimum absolute atomic E-state index is 0.314. The fourth-order valence-corrected chi connectivity index (χ4v) is 3.55. The lowest BCUT2D eigenvalue weighted by molar-refractivity contribution is 0.0606. The number of hydrogen-bond acceptors (Lipinski definition) is 4. The molecule has 0 atom stereocenters. The Kier molecular flexibility index (Phi) is 4.62. The molecule has 122 valence electrons. The van der Waals surface area contributed by atoms with Crippen LogP contribution in [0.4, 0.5) is 0 Å². The highest BCUT2D eigenvalue weighted by atomic mass is 32.1. The van der Waals surface area contributed by atoms with Gasteiger partial charge in [0.25, 0.3) is 0 Å². The molecule has 24 heavy (non-hydrogen) atoms. The lowest BCUT2D eigenvalue weighted by Crippen LogP contribution is -1.99. The van der Waals surface area contributed by atoms with Crippen molar-refractivity contribution in [2.45, 2.75) is 13.5 Å². The summed E-state index contributed by atoms with van der Waals surface area (Å²) in [5.41, 5.74) is 3.96. The summed E-state index contributed by atoms with van der Waals surface area (Å²) in [7, 11) is 1.39. The Balaban J connectivity index is 1.98. The van der Waals surface area contributed by atoms with Gasteiger partial charge < -0.3 is 4.74 Å². The molecule has 0 unspecified atom stereocenters. The summed E-state index contributed by atoms with van der Waals surface area (Å²) in [6.07, 6.45) is 3.74. The third-order valence-electron chi connectivity index (χ3n) is 3.77. The van der Waals surface area contributed by atoms with E-state index in [9.17, 15) is 4.79 Å². The number of nitrogens with zero attached hydrogens (tertiary/aromatic N) is 2. The third kappa shape index (κ3) is 3.16. The Labute approximate surface area is 145 Å². The molecule has 0 aliphatic carbocycles. The average molecular weight is 338 g/mol. The standard InChI is InChI=1S/C19H18N2O2S/c1-4-17-16(15-10-18(19(22)23-3)24-13(15)2)12-21(20-17)11-14-8-6-5-7-9-14/h4-10,12H,1,11H2,2-3H3. The third-order valence-corrected chi connectivity index (χ3v) is 4.80. The van der Waals surface area contributed by atoms with Crippen molar-refractivity contribution in [3.63, 3.8) is 0 Å². The average Bonchev–Trinajstić information content (AvgIpc) is 3.18. The second-order valence-corrected chi connectivity index (χ2v) is 6.64. The van der Waals surface area contributed by atoms with Crippen LogP contribution in [-0.2, 0) is 11.3 Å². The molecule has 0 aliphatic rings. The Morgan fingerprint density at radius 2 is 2.08 bits per heavy atom. The van der Waals surface area contributed by atoms with Crippen molar-refractivity contribution in [1.82, 2.24) is 9.78 Å². The fourth-order valence-electron chi connectivity index (χ4n) is 2.60. The number of carbonyl (C=O) groups is 1. The van der Waals surface area contributed by atoms with Crippen molar-refractivity contribution in [2.24, 2.45) is 0 Å². The van der Waals surface area contributed by atoms with Gasteiger partial charge in [0.15, 0.2) is 0 Å². The van der Waals surface area contributed by atoms with Crippen molar-refractivity contribution >= 4 is 23.4 Å². The Morgan fingerprint density at radius 1 is 1.33 bits per heavy atom. The number of ether oxygens (including phenoxy) is 1. The maximum Gasteiger partial charge on any atom is 0.348 e. The number of methoxy groups -OCH3 is 1. The van der Waals surface area contributed by atoms with E-state index in [2.05, 4.69) is 23.8 Å². The second-order valence-electron chi connectivity index (χ2n) is 5.39. The van der Waals surface area contributed by atoms with Crippen LogP contribution in [0.5, 0.6) is 0 Å². The van der Waals surface area contributed by atoms with Crippen LogP contribution < -0.4 is 0 Å². The van der Waals surface area contributed by atoms with E-state index in [1.807, 2.05) is 42.1 Å². The van der Waals surface area contributed by atoms with Gasteiger partial charge in [-0.25, -0.2) is 4.79 Å². The van der Waals surface area contributed by atoms with E-state index in [0.29, 0.717) is 11.4 Å². The van der Waals surface area contributed by atoms with Crippen LogP contribution in [0, 0.1) is 6.92 Å². The van der Waals surface area contributed by atoms with Crippen LogP contribution in [0.1, 0.15) is 25.8 Å². The van der Waals surface area contributed by atoms with E-state index in [0.717, 1.165) is 21.7 Å². The predicted octanol–water partition coefficient (Wildman–Crippen LogP) is 4.40. The van der Waals surface area contributed by atoms with Gasteiger partial charge in [-0.3, -0.25) is 4.68 Å². The molecule has 0 saturated heterocycles. The normalized spacial score (nSPS) is 10.6. The summed E-state index contributed by atoms with van der Waals surface area (Å²) in [5, 5.41) is 4.60. The first-order chi connectivity index (χ1) is 11.6. The quantitative estimate of drug-likeness (QED) is 0.648. The Morgan fingerprint density at radius 3 is 2.75 bits per heavy atom. The van der Waals surface area contributed by atoms with Crippen LogP contribution in [0.15, 0.2) is 49.2 Å². The first kappa shape index (κ1) is 16.2. The summed E-state index contributed by atoms with van der Waals surface area (Å²) in [6, 6.07) is 12.0. The number of thiophene rings is 1. The first-order valence-electron chi connectivity index (χ1n) is 7.55. The largest absolute Gasteiger partial charge is 0.465 e. The highest BCUT2D eigenvalue weighted by Crippen LogP contribution is 2.33. The Bertz CT molecular complexity index is 878. The van der Waals surface area contributed by atoms with Gasteiger partial charge in [0.2, 0.25) is 0 Å². The molecular weight excluding hydrogens is 320 g/mol. The molecule has 1 aromatic carbocycles.